The molecule has 3 rings (SSSR count). The molecule has 158 valence electrons. The van der Waals surface area contributed by atoms with Crippen LogP contribution in [0.1, 0.15) is 38.2 Å². The van der Waals surface area contributed by atoms with Crippen molar-refractivity contribution in [2.24, 2.45) is 5.14 Å². The normalized spacial score (nSPS) is 20.6. The predicted octanol–water partition coefficient (Wildman–Crippen LogP) is -0.434. The molecule has 0 radical (unpaired) electrons. The van der Waals surface area contributed by atoms with Gasteiger partial charge in [-0.25, -0.2) is 18.4 Å². The first-order chi connectivity index (χ1) is 13.4. The lowest BCUT2D eigenvalue weighted by atomic mass is 9.97. The number of nitrogens with one attached hydrogen (secondary N) is 2. The van der Waals surface area contributed by atoms with Gasteiger partial charge in [0.1, 0.15) is 5.54 Å². The van der Waals surface area contributed by atoms with Gasteiger partial charge in [-0.15, -0.1) is 0 Å². The highest BCUT2D eigenvalue weighted by atomic mass is 32.2. The molecular weight excluding hydrogens is 400 g/mol. The summed E-state index contributed by atoms with van der Waals surface area (Å²) in [5, 5.41) is 20.8. The van der Waals surface area contributed by atoms with Crippen molar-refractivity contribution < 1.29 is 27.9 Å². The Hall–Kier alpha value is -2.50. The van der Waals surface area contributed by atoms with E-state index >= 15 is 0 Å². The molecule has 1 spiro atoms. The van der Waals surface area contributed by atoms with Crippen LogP contribution >= 0.6 is 0 Å². The van der Waals surface area contributed by atoms with E-state index in [4.69, 9.17) is 5.14 Å². The van der Waals surface area contributed by atoms with Gasteiger partial charge in [0.25, 0.3) is 11.8 Å². The van der Waals surface area contributed by atoms with E-state index in [2.05, 4.69) is 10.6 Å². The highest BCUT2D eigenvalue weighted by molar-refractivity contribution is 7.89. The molecule has 1 aromatic rings. The zero-order valence-electron chi connectivity index (χ0n) is 16.0. The predicted molar refractivity (Wildman–Crippen MR) is 102 cm³/mol. The van der Waals surface area contributed by atoms with E-state index in [0.29, 0.717) is 18.4 Å². The molecule has 1 aromatic carbocycles. The Bertz CT molecular complexity index is 953. The SMILES string of the molecule is C[C@@](O)(CN1C(=O)NC2(CCCC2)C1=O)C(=O)NCc1cccc(S(N)(=O)=O)c1. The van der Waals surface area contributed by atoms with Crippen molar-refractivity contribution >= 4 is 27.9 Å². The standard InChI is InChI=1S/C18H24N4O6S/c1-17(26,11-22-15(24)18(21-16(22)25)7-2-3-8-18)14(23)20-10-12-5-4-6-13(9-12)29(19,27)28/h4-6,9,26H,2-3,7-8,10-11H2,1H3,(H,20,23)(H,21,25)(H2,19,27,28)/t17-/m1/s1. The molecule has 10 nitrogen and oxygen atoms in total. The fourth-order valence-corrected chi connectivity index (χ4v) is 4.31. The minimum Gasteiger partial charge on any atom is -0.378 e. The second-order valence-corrected chi connectivity index (χ2v) is 9.32. The number of sulfonamides is 1. The number of nitrogens with zero attached hydrogens (tertiary/aromatic N) is 1. The number of aliphatic hydroxyl groups is 1. The number of hydrogen-bond donors (Lipinski definition) is 4. The topological polar surface area (TPSA) is 159 Å². The largest absolute Gasteiger partial charge is 0.378 e. The van der Waals surface area contributed by atoms with Gasteiger partial charge in [0, 0.05) is 6.54 Å². The van der Waals surface area contributed by atoms with Crippen LogP contribution in [0.2, 0.25) is 0 Å². The molecule has 1 saturated carbocycles. The Morgan fingerprint density at radius 3 is 2.62 bits per heavy atom. The van der Waals surface area contributed by atoms with Crippen LogP contribution in [-0.4, -0.2) is 54.0 Å². The molecule has 1 heterocycles. The molecule has 29 heavy (non-hydrogen) atoms. The average Bonchev–Trinajstić information content (AvgIpc) is 3.20. The molecule has 4 amide bonds. The van der Waals surface area contributed by atoms with Crippen molar-refractivity contribution in [3.8, 4) is 0 Å². The quantitative estimate of drug-likeness (QED) is 0.453. The Morgan fingerprint density at radius 1 is 1.34 bits per heavy atom. The lowest BCUT2D eigenvalue weighted by Gasteiger charge is -2.27. The summed E-state index contributed by atoms with van der Waals surface area (Å²) in [5.74, 6) is -1.22. The van der Waals surface area contributed by atoms with Crippen molar-refractivity contribution in [3.63, 3.8) is 0 Å². The van der Waals surface area contributed by atoms with Gasteiger partial charge in [0.05, 0.1) is 11.4 Å². The maximum Gasteiger partial charge on any atom is 0.325 e. The fraction of sp³-hybridized carbons (Fsp3) is 0.500. The van der Waals surface area contributed by atoms with E-state index < -0.39 is 45.6 Å². The summed E-state index contributed by atoms with van der Waals surface area (Å²) in [5.41, 5.74) is -2.48. The van der Waals surface area contributed by atoms with Crippen LogP contribution in [0, 0.1) is 0 Å². The van der Waals surface area contributed by atoms with Crippen LogP contribution in [-0.2, 0) is 26.2 Å². The molecule has 1 atom stereocenters. The number of imide groups is 1. The second kappa shape index (κ2) is 7.39. The molecular formula is C18H24N4O6S. The van der Waals surface area contributed by atoms with Crippen LogP contribution in [0.3, 0.4) is 0 Å². The Labute approximate surface area is 168 Å². The third-order valence-electron chi connectivity index (χ3n) is 5.34. The van der Waals surface area contributed by atoms with Gasteiger partial charge in [0.2, 0.25) is 10.0 Å². The first-order valence-corrected chi connectivity index (χ1v) is 10.8. The third-order valence-corrected chi connectivity index (χ3v) is 6.25. The van der Waals surface area contributed by atoms with Crippen LogP contribution in [0.4, 0.5) is 4.79 Å². The zero-order chi connectivity index (χ0) is 21.4. The summed E-state index contributed by atoms with van der Waals surface area (Å²) in [6, 6.07) is 5.09. The molecule has 1 aliphatic heterocycles. The molecule has 1 saturated heterocycles. The molecule has 1 aliphatic carbocycles. The smallest absolute Gasteiger partial charge is 0.325 e. The molecule has 11 heteroatoms. The van der Waals surface area contributed by atoms with Gasteiger partial charge in [-0.05, 0) is 37.5 Å². The van der Waals surface area contributed by atoms with Crippen molar-refractivity contribution in [2.45, 2.75) is 55.2 Å². The third kappa shape index (κ3) is 4.26. The summed E-state index contributed by atoms with van der Waals surface area (Å²) in [6.45, 7) is 0.661. The lowest BCUT2D eigenvalue weighted by molar-refractivity contribution is -0.143. The summed E-state index contributed by atoms with van der Waals surface area (Å²) in [4.78, 5) is 38.2. The minimum absolute atomic E-state index is 0.0670. The highest BCUT2D eigenvalue weighted by Gasteiger charge is 2.54. The Kier molecular flexibility index (Phi) is 5.41. The Balaban J connectivity index is 1.65. The minimum atomic E-state index is -3.88. The molecule has 5 N–H and O–H groups in total. The van der Waals surface area contributed by atoms with Gasteiger partial charge < -0.3 is 15.7 Å². The number of benzene rings is 1. The van der Waals surface area contributed by atoms with Crippen LogP contribution < -0.4 is 15.8 Å². The number of urea groups is 1. The van der Waals surface area contributed by atoms with E-state index in [1.54, 1.807) is 6.07 Å². The van der Waals surface area contributed by atoms with Crippen molar-refractivity contribution in [3.05, 3.63) is 29.8 Å². The number of nitrogens with two attached hydrogens (primary N) is 1. The summed E-state index contributed by atoms with van der Waals surface area (Å²) in [7, 11) is -3.88. The van der Waals surface area contributed by atoms with E-state index in [0.717, 1.165) is 17.7 Å². The number of carbonyl (C=O) groups is 3. The number of rotatable bonds is 6. The molecule has 2 fully saturated rings. The van der Waals surface area contributed by atoms with Crippen LogP contribution in [0.15, 0.2) is 29.2 Å². The first-order valence-electron chi connectivity index (χ1n) is 9.21. The maximum atomic E-state index is 12.7. The van der Waals surface area contributed by atoms with Crippen molar-refractivity contribution in [1.29, 1.82) is 0 Å². The van der Waals surface area contributed by atoms with Gasteiger partial charge in [0.15, 0.2) is 5.60 Å². The molecule has 0 aromatic heterocycles. The number of carbonyl (C=O) groups excluding carboxylic acids is 3. The van der Waals surface area contributed by atoms with Crippen molar-refractivity contribution in [2.75, 3.05) is 6.54 Å². The number of primary sulfonamides is 1. The summed E-state index contributed by atoms with van der Waals surface area (Å²) in [6.07, 6.45) is 2.74. The number of β-amino-alcohol motifs (C(OH)–C–C–N with tert-alkyl or cyclic N) is 1. The summed E-state index contributed by atoms with van der Waals surface area (Å²) < 4.78 is 22.8. The summed E-state index contributed by atoms with van der Waals surface area (Å²) >= 11 is 0. The number of hydrogen-bond acceptors (Lipinski definition) is 6. The maximum absolute atomic E-state index is 12.7. The van der Waals surface area contributed by atoms with Crippen LogP contribution in [0.25, 0.3) is 0 Å². The van der Waals surface area contributed by atoms with E-state index in [1.807, 2.05) is 0 Å². The highest BCUT2D eigenvalue weighted by Crippen LogP contribution is 2.35. The fourth-order valence-electron chi connectivity index (χ4n) is 3.72. The molecule has 0 bridgehead atoms. The monoisotopic (exact) mass is 424 g/mol. The second-order valence-electron chi connectivity index (χ2n) is 7.76. The number of amides is 4. The van der Waals surface area contributed by atoms with E-state index in [1.165, 1.54) is 25.1 Å². The van der Waals surface area contributed by atoms with Crippen molar-refractivity contribution in [1.82, 2.24) is 15.5 Å². The van der Waals surface area contributed by atoms with E-state index in [-0.39, 0.29) is 11.4 Å². The lowest BCUT2D eigenvalue weighted by Crippen LogP contribution is -2.53. The van der Waals surface area contributed by atoms with Gasteiger partial charge >= 0.3 is 6.03 Å². The van der Waals surface area contributed by atoms with Gasteiger partial charge in [-0.1, -0.05) is 25.0 Å². The van der Waals surface area contributed by atoms with Gasteiger partial charge in [-0.2, -0.15) is 0 Å². The average molecular weight is 424 g/mol. The van der Waals surface area contributed by atoms with Gasteiger partial charge in [-0.3, -0.25) is 14.5 Å². The zero-order valence-corrected chi connectivity index (χ0v) is 16.8. The first kappa shape index (κ1) is 21.2. The molecule has 2 aliphatic rings. The van der Waals surface area contributed by atoms with E-state index in [9.17, 15) is 27.9 Å². The molecule has 0 unspecified atom stereocenters. The Morgan fingerprint density at radius 2 is 2.00 bits per heavy atom. The van der Waals surface area contributed by atoms with Crippen LogP contribution in [0.5, 0.6) is 0 Å².